The lowest BCUT2D eigenvalue weighted by Crippen LogP contribution is -2.27. The molecule has 0 spiro atoms. The van der Waals surface area contributed by atoms with Crippen LogP contribution in [0.1, 0.15) is 18.9 Å². The fraction of sp³-hybridized carbons (Fsp3) is 0.462. The minimum absolute atomic E-state index is 0.152. The largest absolute Gasteiger partial charge is 0.494 e. The molecular formula is C13H20FN3O. The van der Waals surface area contributed by atoms with Crippen molar-refractivity contribution < 1.29 is 9.13 Å². The molecule has 0 saturated heterocycles. The first-order valence-electron chi connectivity index (χ1n) is 5.95. The fourth-order valence-electron chi connectivity index (χ4n) is 1.70. The van der Waals surface area contributed by atoms with E-state index in [1.807, 2.05) is 11.8 Å². The Morgan fingerprint density at radius 1 is 1.50 bits per heavy atom. The van der Waals surface area contributed by atoms with Gasteiger partial charge in [0.15, 0.2) is 11.6 Å². The number of rotatable bonds is 7. The molecule has 0 heterocycles. The lowest BCUT2D eigenvalue weighted by Gasteiger charge is -2.20. The number of halogens is 1. The summed E-state index contributed by atoms with van der Waals surface area (Å²) in [5, 5.41) is 7.21. The minimum atomic E-state index is -0.318. The Labute approximate surface area is 107 Å². The van der Waals surface area contributed by atoms with Crippen LogP contribution in [0.15, 0.2) is 18.2 Å². The predicted octanol–water partition coefficient (Wildman–Crippen LogP) is 1.98. The van der Waals surface area contributed by atoms with Crippen molar-refractivity contribution in [2.45, 2.75) is 19.9 Å². The Hall–Kier alpha value is -1.62. The summed E-state index contributed by atoms with van der Waals surface area (Å²) in [7, 11) is 1.45. The zero-order valence-electron chi connectivity index (χ0n) is 10.9. The van der Waals surface area contributed by atoms with Gasteiger partial charge in [-0.1, -0.05) is 19.1 Å². The molecule has 0 aliphatic heterocycles. The molecule has 0 bridgehead atoms. The first-order valence-corrected chi connectivity index (χ1v) is 5.95. The maximum Gasteiger partial charge on any atom is 0.169 e. The Kier molecular flexibility index (Phi) is 5.58. The fourth-order valence-corrected chi connectivity index (χ4v) is 1.70. The van der Waals surface area contributed by atoms with Gasteiger partial charge in [0, 0.05) is 25.1 Å². The van der Waals surface area contributed by atoms with E-state index in [0.717, 1.165) is 6.54 Å². The molecule has 0 fully saturated rings. The van der Waals surface area contributed by atoms with Crippen molar-refractivity contribution in [3.05, 3.63) is 29.6 Å². The Morgan fingerprint density at radius 3 is 2.78 bits per heavy atom. The van der Waals surface area contributed by atoms with Crippen LogP contribution >= 0.6 is 0 Å². The average Bonchev–Trinajstić information content (AvgIpc) is 2.36. The second-order valence-corrected chi connectivity index (χ2v) is 4.08. The van der Waals surface area contributed by atoms with Crippen LogP contribution in [0, 0.1) is 11.2 Å². The highest BCUT2D eigenvalue weighted by Crippen LogP contribution is 2.21. The summed E-state index contributed by atoms with van der Waals surface area (Å²) in [6.45, 7) is 3.93. The average molecular weight is 253 g/mol. The van der Waals surface area contributed by atoms with Crippen LogP contribution in [0.25, 0.3) is 0 Å². The summed E-state index contributed by atoms with van der Waals surface area (Å²) in [5.74, 6) is 0.0935. The number of hydrogen-bond acceptors (Lipinski definition) is 3. The molecule has 100 valence electrons. The lowest BCUT2D eigenvalue weighted by atomic mass is 10.1. The van der Waals surface area contributed by atoms with Crippen molar-refractivity contribution in [1.82, 2.24) is 4.90 Å². The van der Waals surface area contributed by atoms with Gasteiger partial charge in [0.05, 0.1) is 12.9 Å². The van der Waals surface area contributed by atoms with Crippen LogP contribution in [0.2, 0.25) is 0 Å². The predicted molar refractivity (Wildman–Crippen MR) is 70.4 cm³/mol. The minimum Gasteiger partial charge on any atom is -0.494 e. The van der Waals surface area contributed by atoms with Gasteiger partial charge in [-0.3, -0.25) is 10.3 Å². The summed E-state index contributed by atoms with van der Waals surface area (Å²) in [5.41, 5.74) is 5.92. The van der Waals surface area contributed by atoms with Crippen molar-refractivity contribution in [1.29, 1.82) is 5.41 Å². The van der Waals surface area contributed by atoms with Crippen LogP contribution in [0.5, 0.6) is 5.75 Å². The molecule has 0 aliphatic carbocycles. The van der Waals surface area contributed by atoms with E-state index in [1.54, 1.807) is 18.2 Å². The van der Waals surface area contributed by atoms with Crippen LogP contribution in [-0.4, -0.2) is 30.9 Å². The number of nitrogens with zero attached hydrogens (tertiary/aromatic N) is 1. The molecule has 0 saturated carbocycles. The normalized spacial score (nSPS) is 10.7. The zero-order valence-corrected chi connectivity index (χ0v) is 10.9. The first-order chi connectivity index (χ1) is 8.58. The van der Waals surface area contributed by atoms with Gasteiger partial charge in [-0.25, -0.2) is 4.39 Å². The highest BCUT2D eigenvalue weighted by atomic mass is 19.1. The van der Waals surface area contributed by atoms with Crippen molar-refractivity contribution in [3.8, 4) is 5.75 Å². The standard InChI is InChI=1S/C13H20FN3O/c1-3-17(8-7-12(15)16)9-10-5-4-6-11(18-2)13(10)14/h4-6H,3,7-9H2,1-2H3,(H3,15,16). The van der Waals surface area contributed by atoms with Gasteiger partial charge in [-0.05, 0) is 12.6 Å². The molecular weight excluding hydrogens is 233 g/mol. The number of methoxy groups -OCH3 is 1. The van der Waals surface area contributed by atoms with E-state index in [9.17, 15) is 4.39 Å². The monoisotopic (exact) mass is 253 g/mol. The van der Waals surface area contributed by atoms with Gasteiger partial charge in [-0.15, -0.1) is 0 Å². The van der Waals surface area contributed by atoms with Gasteiger partial charge < -0.3 is 10.5 Å². The number of nitrogens with one attached hydrogen (secondary N) is 1. The zero-order chi connectivity index (χ0) is 13.5. The molecule has 0 amide bonds. The number of nitrogens with two attached hydrogens (primary N) is 1. The smallest absolute Gasteiger partial charge is 0.169 e. The number of ether oxygens (including phenoxy) is 1. The van der Waals surface area contributed by atoms with Gasteiger partial charge in [-0.2, -0.15) is 0 Å². The van der Waals surface area contributed by atoms with E-state index >= 15 is 0 Å². The van der Waals surface area contributed by atoms with E-state index in [-0.39, 0.29) is 17.4 Å². The van der Waals surface area contributed by atoms with Gasteiger partial charge in [0.2, 0.25) is 0 Å². The number of amidine groups is 1. The Morgan fingerprint density at radius 2 is 2.22 bits per heavy atom. The Bertz CT molecular complexity index is 409. The Balaban J connectivity index is 2.72. The van der Waals surface area contributed by atoms with Crippen molar-refractivity contribution in [2.24, 2.45) is 5.73 Å². The van der Waals surface area contributed by atoms with E-state index in [2.05, 4.69) is 0 Å². The quantitative estimate of drug-likeness (QED) is 0.577. The van der Waals surface area contributed by atoms with E-state index < -0.39 is 0 Å². The lowest BCUT2D eigenvalue weighted by molar-refractivity contribution is 0.281. The number of hydrogen-bond donors (Lipinski definition) is 2. The van der Waals surface area contributed by atoms with Crippen molar-refractivity contribution in [2.75, 3.05) is 20.2 Å². The SMILES string of the molecule is CCN(CCC(=N)N)Cc1cccc(OC)c1F. The van der Waals surface area contributed by atoms with Crippen molar-refractivity contribution in [3.63, 3.8) is 0 Å². The highest BCUT2D eigenvalue weighted by molar-refractivity contribution is 5.76. The summed E-state index contributed by atoms with van der Waals surface area (Å²) < 4.78 is 18.9. The highest BCUT2D eigenvalue weighted by Gasteiger charge is 2.11. The molecule has 18 heavy (non-hydrogen) atoms. The van der Waals surface area contributed by atoms with Crippen LogP contribution in [0.4, 0.5) is 4.39 Å². The van der Waals surface area contributed by atoms with Gasteiger partial charge >= 0.3 is 0 Å². The molecule has 0 unspecified atom stereocenters. The summed E-state index contributed by atoms with van der Waals surface area (Å²) in [6.07, 6.45) is 0.499. The second-order valence-electron chi connectivity index (χ2n) is 4.08. The van der Waals surface area contributed by atoms with Crippen LogP contribution < -0.4 is 10.5 Å². The second kappa shape index (κ2) is 6.96. The molecule has 0 atom stereocenters. The van der Waals surface area contributed by atoms with Gasteiger partial charge in [0.25, 0.3) is 0 Å². The van der Waals surface area contributed by atoms with Gasteiger partial charge in [0.1, 0.15) is 0 Å². The third-order valence-electron chi connectivity index (χ3n) is 2.80. The summed E-state index contributed by atoms with van der Waals surface area (Å²) in [6, 6.07) is 5.12. The molecule has 3 N–H and O–H groups in total. The first kappa shape index (κ1) is 14.4. The van der Waals surface area contributed by atoms with Crippen LogP contribution in [-0.2, 0) is 6.54 Å². The molecule has 4 nitrogen and oxygen atoms in total. The topological polar surface area (TPSA) is 62.3 Å². The number of benzene rings is 1. The summed E-state index contributed by atoms with van der Waals surface area (Å²) >= 11 is 0. The molecule has 1 aromatic rings. The molecule has 0 radical (unpaired) electrons. The van der Waals surface area contributed by atoms with E-state index in [0.29, 0.717) is 25.1 Å². The van der Waals surface area contributed by atoms with Crippen LogP contribution in [0.3, 0.4) is 0 Å². The van der Waals surface area contributed by atoms with E-state index in [4.69, 9.17) is 15.9 Å². The van der Waals surface area contributed by atoms with Crippen molar-refractivity contribution >= 4 is 5.84 Å². The summed E-state index contributed by atoms with van der Waals surface area (Å²) in [4.78, 5) is 2.04. The maximum absolute atomic E-state index is 13.9. The molecule has 1 rings (SSSR count). The van der Waals surface area contributed by atoms with E-state index in [1.165, 1.54) is 7.11 Å². The molecule has 0 aromatic heterocycles. The molecule has 5 heteroatoms. The maximum atomic E-state index is 13.9. The third kappa shape index (κ3) is 4.00. The third-order valence-corrected chi connectivity index (χ3v) is 2.80. The molecule has 0 aliphatic rings. The molecule has 1 aromatic carbocycles.